The molecule has 0 aromatic heterocycles. The number of hydrogen-bond donors (Lipinski definition) is 1. The standard InChI is InChI=1S/C25H43N.ClH/c1-5-7-8-9-10-11-12-13-14-15-16-17-22-26(23(3)4)25-20-18-24(6-2)19-21-25;/h6,18-21,23H,2,5,7-17,22H2,1,3-4H3;1H. The first-order chi connectivity index (χ1) is 12.7. The normalized spacial score (nSPS) is 12.0. The van der Waals surface area contributed by atoms with E-state index in [9.17, 15) is 0 Å². The molecule has 0 heterocycles. The summed E-state index contributed by atoms with van der Waals surface area (Å²) in [5, 5.41) is 0. The third-order valence-electron chi connectivity index (χ3n) is 5.51. The molecule has 0 aliphatic heterocycles. The lowest BCUT2D eigenvalue weighted by Crippen LogP contribution is -3.10. The highest BCUT2D eigenvalue weighted by molar-refractivity contribution is 5.49. The molecule has 1 unspecified atom stereocenters. The van der Waals surface area contributed by atoms with Crippen LogP contribution >= 0.6 is 0 Å². The predicted molar refractivity (Wildman–Crippen MR) is 118 cm³/mol. The summed E-state index contributed by atoms with van der Waals surface area (Å²) in [6.07, 6.45) is 19.0. The topological polar surface area (TPSA) is 4.44 Å². The summed E-state index contributed by atoms with van der Waals surface area (Å²) in [4.78, 5) is 1.62. The highest BCUT2D eigenvalue weighted by Crippen LogP contribution is 2.12. The molecule has 1 rings (SSSR count). The SMILES string of the molecule is C=Cc1ccc([NH+](CCCCCCCCCCCCCC)C(C)C)cc1.[Cl-]. The predicted octanol–water partition coefficient (Wildman–Crippen LogP) is 3.96. The smallest absolute Gasteiger partial charge is 0.131 e. The van der Waals surface area contributed by atoms with E-state index in [0.29, 0.717) is 6.04 Å². The number of unbranched alkanes of at least 4 members (excludes halogenated alkanes) is 11. The van der Waals surface area contributed by atoms with Crippen LogP contribution in [-0.4, -0.2) is 12.6 Å². The van der Waals surface area contributed by atoms with Gasteiger partial charge in [-0.25, -0.2) is 0 Å². The van der Waals surface area contributed by atoms with E-state index in [1.807, 2.05) is 6.08 Å². The Morgan fingerprint density at radius 2 is 1.22 bits per heavy atom. The van der Waals surface area contributed by atoms with E-state index in [2.05, 4.69) is 51.6 Å². The Labute approximate surface area is 176 Å². The van der Waals surface area contributed by atoms with Gasteiger partial charge in [0, 0.05) is 0 Å². The molecular formula is C25H44ClN. The molecule has 0 amide bonds. The first-order valence-electron chi connectivity index (χ1n) is 11.3. The molecule has 0 saturated heterocycles. The summed E-state index contributed by atoms with van der Waals surface area (Å²) in [6, 6.07) is 9.55. The molecule has 156 valence electrons. The van der Waals surface area contributed by atoms with Gasteiger partial charge in [-0.3, -0.25) is 0 Å². The molecule has 0 radical (unpaired) electrons. The summed E-state index contributed by atoms with van der Waals surface area (Å²) in [5.41, 5.74) is 2.64. The lowest BCUT2D eigenvalue weighted by atomic mass is 10.0. The van der Waals surface area contributed by atoms with Crippen LogP contribution in [0, 0.1) is 0 Å². The first kappa shape index (κ1) is 26.2. The number of benzene rings is 1. The van der Waals surface area contributed by atoms with Gasteiger partial charge in [0.05, 0.1) is 12.6 Å². The van der Waals surface area contributed by atoms with E-state index in [1.165, 1.54) is 94.8 Å². The van der Waals surface area contributed by atoms with Crippen molar-refractivity contribution < 1.29 is 17.3 Å². The van der Waals surface area contributed by atoms with Gasteiger partial charge in [0.1, 0.15) is 5.69 Å². The molecule has 1 aromatic carbocycles. The van der Waals surface area contributed by atoms with E-state index in [-0.39, 0.29) is 12.4 Å². The van der Waals surface area contributed by atoms with Crippen molar-refractivity contribution in [1.82, 2.24) is 0 Å². The third-order valence-corrected chi connectivity index (χ3v) is 5.51. The average molecular weight is 394 g/mol. The lowest BCUT2D eigenvalue weighted by molar-refractivity contribution is -0.856. The van der Waals surface area contributed by atoms with Crippen molar-refractivity contribution in [3.05, 3.63) is 36.4 Å². The zero-order chi connectivity index (χ0) is 19.0. The van der Waals surface area contributed by atoms with Crippen molar-refractivity contribution in [2.24, 2.45) is 0 Å². The van der Waals surface area contributed by atoms with Crippen LogP contribution in [0.2, 0.25) is 0 Å². The van der Waals surface area contributed by atoms with Crippen LogP contribution in [0.4, 0.5) is 5.69 Å². The fourth-order valence-corrected chi connectivity index (χ4v) is 3.76. The maximum absolute atomic E-state index is 3.85. The summed E-state index contributed by atoms with van der Waals surface area (Å²) < 4.78 is 0. The fourth-order valence-electron chi connectivity index (χ4n) is 3.76. The fraction of sp³-hybridized carbons (Fsp3) is 0.680. The molecule has 27 heavy (non-hydrogen) atoms. The van der Waals surface area contributed by atoms with Crippen LogP contribution in [0.3, 0.4) is 0 Å². The van der Waals surface area contributed by atoms with E-state index < -0.39 is 0 Å². The zero-order valence-corrected chi connectivity index (χ0v) is 19.0. The van der Waals surface area contributed by atoms with Crippen molar-refractivity contribution in [3.8, 4) is 0 Å². The summed E-state index contributed by atoms with van der Waals surface area (Å²) >= 11 is 0. The Morgan fingerprint density at radius 3 is 1.63 bits per heavy atom. The Morgan fingerprint density at radius 1 is 0.778 bits per heavy atom. The van der Waals surface area contributed by atoms with Gasteiger partial charge in [-0.15, -0.1) is 0 Å². The molecule has 1 atom stereocenters. The number of rotatable bonds is 16. The van der Waals surface area contributed by atoms with Crippen molar-refractivity contribution in [3.63, 3.8) is 0 Å². The Balaban J connectivity index is 0.00000676. The number of nitrogens with one attached hydrogen (secondary N) is 1. The molecule has 0 bridgehead atoms. The molecule has 1 nitrogen and oxygen atoms in total. The largest absolute Gasteiger partial charge is 1.00 e. The van der Waals surface area contributed by atoms with Crippen LogP contribution in [0.5, 0.6) is 0 Å². The highest BCUT2D eigenvalue weighted by atomic mass is 35.5. The third kappa shape index (κ3) is 12.3. The Hall–Kier alpha value is -0.790. The summed E-state index contributed by atoms with van der Waals surface area (Å²) in [5.74, 6) is 0. The summed E-state index contributed by atoms with van der Waals surface area (Å²) in [6.45, 7) is 12.1. The second-order valence-electron chi connectivity index (χ2n) is 8.15. The molecule has 1 aromatic rings. The van der Waals surface area contributed by atoms with Gasteiger partial charge in [0.25, 0.3) is 0 Å². The second kappa shape index (κ2) is 17.3. The molecule has 0 saturated carbocycles. The molecular weight excluding hydrogens is 350 g/mol. The molecule has 0 aliphatic rings. The highest BCUT2D eigenvalue weighted by Gasteiger charge is 2.15. The quantitative estimate of drug-likeness (QED) is 0.405. The number of halogens is 1. The Bertz CT molecular complexity index is 452. The van der Waals surface area contributed by atoms with Gasteiger partial charge >= 0.3 is 0 Å². The number of hydrogen-bond acceptors (Lipinski definition) is 0. The maximum Gasteiger partial charge on any atom is 0.131 e. The first-order valence-corrected chi connectivity index (χ1v) is 11.3. The molecule has 0 fully saturated rings. The van der Waals surface area contributed by atoms with Gasteiger partial charge in [-0.2, -0.15) is 0 Å². The number of quaternary nitrogens is 1. The minimum absolute atomic E-state index is 0. The lowest BCUT2D eigenvalue weighted by Gasteiger charge is -2.23. The maximum atomic E-state index is 3.85. The second-order valence-corrected chi connectivity index (χ2v) is 8.15. The van der Waals surface area contributed by atoms with Crippen molar-refractivity contribution in [2.45, 2.75) is 104 Å². The van der Waals surface area contributed by atoms with Gasteiger partial charge in [0.15, 0.2) is 0 Å². The average Bonchev–Trinajstić information content (AvgIpc) is 2.65. The van der Waals surface area contributed by atoms with Gasteiger partial charge < -0.3 is 17.3 Å². The van der Waals surface area contributed by atoms with Crippen molar-refractivity contribution in [1.29, 1.82) is 0 Å². The molecule has 0 spiro atoms. The Kier molecular flexibility index (Phi) is 16.8. The van der Waals surface area contributed by atoms with Crippen LogP contribution < -0.4 is 17.3 Å². The van der Waals surface area contributed by atoms with Crippen molar-refractivity contribution in [2.75, 3.05) is 6.54 Å². The van der Waals surface area contributed by atoms with Gasteiger partial charge in [-0.05, 0) is 56.5 Å². The molecule has 1 N–H and O–H groups in total. The van der Waals surface area contributed by atoms with Crippen LogP contribution in [0.1, 0.15) is 103 Å². The minimum atomic E-state index is 0. The van der Waals surface area contributed by atoms with E-state index in [1.54, 1.807) is 4.90 Å². The van der Waals surface area contributed by atoms with E-state index >= 15 is 0 Å². The summed E-state index contributed by atoms with van der Waals surface area (Å²) in [7, 11) is 0. The van der Waals surface area contributed by atoms with Crippen LogP contribution in [0.25, 0.3) is 6.08 Å². The van der Waals surface area contributed by atoms with Crippen molar-refractivity contribution >= 4 is 11.8 Å². The zero-order valence-electron chi connectivity index (χ0n) is 18.2. The molecule has 2 heteroatoms. The van der Waals surface area contributed by atoms with Gasteiger partial charge in [0.2, 0.25) is 0 Å². The van der Waals surface area contributed by atoms with Crippen LogP contribution in [-0.2, 0) is 0 Å². The van der Waals surface area contributed by atoms with Crippen LogP contribution in [0.15, 0.2) is 30.8 Å². The minimum Gasteiger partial charge on any atom is -1.00 e. The molecule has 0 aliphatic carbocycles. The van der Waals surface area contributed by atoms with Gasteiger partial charge in [-0.1, -0.05) is 83.8 Å². The monoisotopic (exact) mass is 393 g/mol. The van der Waals surface area contributed by atoms with E-state index in [0.717, 1.165) is 0 Å². The van der Waals surface area contributed by atoms with E-state index in [4.69, 9.17) is 0 Å².